The van der Waals surface area contributed by atoms with E-state index in [-0.39, 0.29) is 5.97 Å². The Morgan fingerprint density at radius 1 is 1.35 bits per heavy atom. The smallest absolute Gasteiger partial charge is 0.337 e. The normalized spacial score (nSPS) is 17.5. The van der Waals surface area contributed by atoms with E-state index in [0.717, 1.165) is 43.3 Å². The fraction of sp³-hybridized carbons (Fsp3) is 0.400. The number of fused-ring (bicyclic) bond motifs is 1. The zero-order valence-corrected chi connectivity index (χ0v) is 14.9. The summed E-state index contributed by atoms with van der Waals surface area (Å²) in [6.07, 6.45) is 8.64. The van der Waals surface area contributed by atoms with Gasteiger partial charge in [0.2, 0.25) is 0 Å². The van der Waals surface area contributed by atoms with E-state index in [0.29, 0.717) is 12.1 Å². The first-order valence-electron chi connectivity index (χ1n) is 8.88. The summed E-state index contributed by atoms with van der Waals surface area (Å²) in [6.45, 7) is 2.30. The molecule has 0 fully saturated rings. The number of rotatable bonds is 7. The summed E-state index contributed by atoms with van der Waals surface area (Å²) in [4.78, 5) is 28.2. The van der Waals surface area contributed by atoms with E-state index in [4.69, 9.17) is 9.84 Å². The molecule has 1 aliphatic rings. The molecule has 6 nitrogen and oxygen atoms in total. The number of carbonyl (C=O) groups is 2. The van der Waals surface area contributed by atoms with Gasteiger partial charge in [0.15, 0.2) is 0 Å². The summed E-state index contributed by atoms with van der Waals surface area (Å²) in [5.74, 6) is -1.48. The predicted octanol–water partition coefficient (Wildman–Crippen LogP) is 2.85. The van der Waals surface area contributed by atoms with Crippen LogP contribution >= 0.6 is 0 Å². The van der Waals surface area contributed by atoms with E-state index in [1.54, 1.807) is 12.1 Å². The molecule has 138 valence electrons. The molecule has 26 heavy (non-hydrogen) atoms. The van der Waals surface area contributed by atoms with E-state index >= 15 is 0 Å². The highest BCUT2D eigenvalue weighted by atomic mass is 16.5. The number of benzene rings is 1. The average Bonchev–Trinajstić information content (AvgIpc) is 3.07. The summed E-state index contributed by atoms with van der Waals surface area (Å²) >= 11 is 0. The fourth-order valence-electron chi connectivity index (χ4n) is 3.41. The summed E-state index contributed by atoms with van der Waals surface area (Å²) in [5, 5.41) is 10.2. The van der Waals surface area contributed by atoms with E-state index < -0.39 is 11.9 Å². The molecule has 2 N–H and O–H groups in total. The lowest BCUT2D eigenvalue weighted by molar-refractivity contribution is -0.140. The number of carbonyl (C=O) groups excluding carboxylic acids is 1. The molecule has 3 rings (SSSR count). The Bertz CT molecular complexity index is 824. The Labute approximate surface area is 152 Å². The Morgan fingerprint density at radius 2 is 2.19 bits per heavy atom. The van der Waals surface area contributed by atoms with Crippen LogP contribution in [0.1, 0.15) is 28.8 Å². The van der Waals surface area contributed by atoms with Crippen molar-refractivity contribution in [2.75, 3.05) is 26.7 Å². The number of methoxy groups -OCH3 is 1. The van der Waals surface area contributed by atoms with Crippen LogP contribution < -0.4 is 0 Å². The first-order chi connectivity index (χ1) is 12.6. The lowest BCUT2D eigenvalue weighted by Gasteiger charge is -2.26. The highest BCUT2D eigenvalue weighted by Crippen LogP contribution is 2.22. The molecule has 1 aromatic carbocycles. The second-order valence-corrected chi connectivity index (χ2v) is 6.66. The van der Waals surface area contributed by atoms with Gasteiger partial charge in [-0.25, -0.2) is 4.79 Å². The minimum Gasteiger partial charge on any atom is -0.481 e. The number of ether oxygens (including phenoxy) is 1. The molecule has 1 aliphatic heterocycles. The third-order valence-electron chi connectivity index (χ3n) is 4.86. The lowest BCUT2D eigenvalue weighted by atomic mass is 10.0. The van der Waals surface area contributed by atoms with Crippen molar-refractivity contribution in [3.05, 3.63) is 47.7 Å². The van der Waals surface area contributed by atoms with Crippen LogP contribution in [0, 0.1) is 5.92 Å². The number of unbranched alkanes of at least 4 members (excludes halogenated alkanes) is 1. The molecule has 0 saturated heterocycles. The number of aromatic amines is 1. The zero-order valence-electron chi connectivity index (χ0n) is 14.9. The highest BCUT2D eigenvalue weighted by molar-refractivity contribution is 5.95. The Kier molecular flexibility index (Phi) is 5.73. The van der Waals surface area contributed by atoms with E-state index in [1.165, 1.54) is 12.7 Å². The molecule has 6 heteroatoms. The summed E-state index contributed by atoms with van der Waals surface area (Å²) in [7, 11) is 1.38. The van der Waals surface area contributed by atoms with Gasteiger partial charge in [0.1, 0.15) is 0 Å². The molecule has 0 bridgehead atoms. The molecule has 1 aromatic heterocycles. The number of carboxylic acids is 1. The van der Waals surface area contributed by atoms with Crippen LogP contribution in [0.4, 0.5) is 0 Å². The molecule has 0 spiro atoms. The van der Waals surface area contributed by atoms with Crippen LogP contribution in [0.25, 0.3) is 10.9 Å². The van der Waals surface area contributed by atoms with Crippen LogP contribution in [-0.4, -0.2) is 53.7 Å². The van der Waals surface area contributed by atoms with Gasteiger partial charge in [0, 0.05) is 30.2 Å². The Morgan fingerprint density at radius 3 is 2.96 bits per heavy atom. The number of nitrogens with zero attached hydrogens (tertiary/aromatic N) is 1. The van der Waals surface area contributed by atoms with Gasteiger partial charge in [-0.1, -0.05) is 12.2 Å². The standard InChI is InChI=1S/C20H24N2O4/c1-26-20(25)14-7-8-18-17(11-14)15(12-21-18)5-2-3-9-22-10-4-6-16(13-22)19(23)24/h4,6-8,11-12,16,21H,2-3,5,9-10,13H2,1H3,(H,23,24). The topological polar surface area (TPSA) is 82.6 Å². The SMILES string of the molecule is COC(=O)c1ccc2[nH]cc(CCCCN3CC=CC(C(=O)O)C3)c2c1. The number of aromatic nitrogens is 1. The quantitative estimate of drug-likeness (QED) is 0.453. The van der Waals surface area contributed by atoms with Crippen LogP contribution in [0.2, 0.25) is 0 Å². The monoisotopic (exact) mass is 356 g/mol. The molecule has 0 saturated carbocycles. The van der Waals surface area contributed by atoms with Gasteiger partial charge in [-0.2, -0.15) is 0 Å². The van der Waals surface area contributed by atoms with Gasteiger partial charge >= 0.3 is 11.9 Å². The molecule has 1 unspecified atom stereocenters. The molecule has 0 aliphatic carbocycles. The molecular formula is C20H24N2O4. The Balaban J connectivity index is 1.54. The van der Waals surface area contributed by atoms with E-state index in [9.17, 15) is 9.59 Å². The first-order valence-corrected chi connectivity index (χ1v) is 8.88. The van der Waals surface area contributed by atoms with Crippen molar-refractivity contribution in [2.45, 2.75) is 19.3 Å². The molecular weight excluding hydrogens is 332 g/mol. The van der Waals surface area contributed by atoms with Crippen molar-refractivity contribution in [1.29, 1.82) is 0 Å². The molecule has 0 radical (unpaired) electrons. The summed E-state index contributed by atoms with van der Waals surface area (Å²) < 4.78 is 4.79. The third-order valence-corrected chi connectivity index (χ3v) is 4.86. The van der Waals surface area contributed by atoms with Crippen LogP contribution in [0.3, 0.4) is 0 Å². The number of carboxylic acid groups (broad SMARTS) is 1. The maximum atomic E-state index is 11.7. The van der Waals surface area contributed by atoms with E-state index in [2.05, 4.69) is 9.88 Å². The number of hydrogen-bond donors (Lipinski definition) is 2. The fourth-order valence-corrected chi connectivity index (χ4v) is 3.41. The van der Waals surface area contributed by atoms with Gasteiger partial charge in [-0.15, -0.1) is 0 Å². The van der Waals surface area contributed by atoms with Gasteiger partial charge in [0.25, 0.3) is 0 Å². The lowest BCUT2D eigenvalue weighted by Crippen LogP contribution is -2.36. The van der Waals surface area contributed by atoms with Crippen molar-refractivity contribution >= 4 is 22.8 Å². The van der Waals surface area contributed by atoms with Gasteiger partial charge in [-0.05, 0) is 49.6 Å². The minimum atomic E-state index is -0.758. The number of aryl methyl sites for hydroxylation is 1. The van der Waals surface area contributed by atoms with Crippen LogP contribution in [-0.2, 0) is 16.0 Å². The van der Waals surface area contributed by atoms with E-state index in [1.807, 2.05) is 24.4 Å². The van der Waals surface area contributed by atoms with Crippen molar-refractivity contribution in [3.63, 3.8) is 0 Å². The first kappa shape index (κ1) is 18.2. The summed E-state index contributed by atoms with van der Waals surface area (Å²) in [6, 6.07) is 5.54. The summed E-state index contributed by atoms with van der Waals surface area (Å²) in [5.41, 5.74) is 2.76. The number of hydrogen-bond acceptors (Lipinski definition) is 4. The number of H-pyrrole nitrogens is 1. The second-order valence-electron chi connectivity index (χ2n) is 6.66. The highest BCUT2D eigenvalue weighted by Gasteiger charge is 2.20. The van der Waals surface area contributed by atoms with Crippen molar-refractivity contribution < 1.29 is 19.4 Å². The number of esters is 1. The van der Waals surface area contributed by atoms with Crippen molar-refractivity contribution in [3.8, 4) is 0 Å². The molecule has 2 aromatic rings. The zero-order chi connectivity index (χ0) is 18.5. The predicted molar refractivity (Wildman–Crippen MR) is 99.3 cm³/mol. The van der Waals surface area contributed by atoms with Gasteiger partial charge < -0.3 is 14.8 Å². The van der Waals surface area contributed by atoms with Gasteiger partial charge in [0.05, 0.1) is 18.6 Å². The third kappa shape index (κ3) is 4.14. The molecule has 0 amide bonds. The average molecular weight is 356 g/mol. The molecule has 1 atom stereocenters. The minimum absolute atomic E-state index is 0.329. The van der Waals surface area contributed by atoms with Crippen LogP contribution in [0.5, 0.6) is 0 Å². The second kappa shape index (κ2) is 8.19. The largest absolute Gasteiger partial charge is 0.481 e. The molecule has 2 heterocycles. The van der Waals surface area contributed by atoms with Crippen molar-refractivity contribution in [2.24, 2.45) is 5.92 Å². The van der Waals surface area contributed by atoms with Crippen LogP contribution in [0.15, 0.2) is 36.5 Å². The maximum Gasteiger partial charge on any atom is 0.337 e. The number of aliphatic carboxylic acids is 1. The van der Waals surface area contributed by atoms with Crippen molar-refractivity contribution in [1.82, 2.24) is 9.88 Å². The van der Waals surface area contributed by atoms with Gasteiger partial charge in [-0.3, -0.25) is 9.69 Å². The Hall–Kier alpha value is -2.60. The number of nitrogens with one attached hydrogen (secondary N) is 1. The maximum absolute atomic E-state index is 11.7.